The molecule has 0 aromatic heterocycles. The highest BCUT2D eigenvalue weighted by Gasteiger charge is 2.19. The summed E-state index contributed by atoms with van der Waals surface area (Å²) in [7, 11) is 0. The highest BCUT2D eigenvalue weighted by atomic mass is 16.5. The van der Waals surface area contributed by atoms with E-state index in [4.69, 9.17) is 0 Å². The smallest absolute Gasteiger partial charge is 0.302 e. The van der Waals surface area contributed by atoms with E-state index in [0.29, 0.717) is 0 Å². The molecule has 0 aliphatic carbocycles. The first-order valence-corrected chi connectivity index (χ1v) is 3.00. The van der Waals surface area contributed by atoms with Gasteiger partial charge in [0.2, 0.25) is 6.29 Å². The summed E-state index contributed by atoms with van der Waals surface area (Å²) in [5.41, 5.74) is -0.675. The van der Waals surface area contributed by atoms with Crippen molar-refractivity contribution in [1.29, 1.82) is 0 Å². The van der Waals surface area contributed by atoms with Crippen molar-refractivity contribution in [2.45, 2.75) is 20.8 Å². The van der Waals surface area contributed by atoms with Crippen molar-refractivity contribution in [3.63, 3.8) is 0 Å². The van der Waals surface area contributed by atoms with Crippen LogP contribution < -0.4 is 0 Å². The minimum Gasteiger partial charge on any atom is -0.465 e. The maximum atomic E-state index is 10.3. The van der Waals surface area contributed by atoms with E-state index in [1.807, 2.05) is 0 Å². The van der Waals surface area contributed by atoms with Crippen LogP contribution in [0.25, 0.3) is 0 Å². The van der Waals surface area contributed by atoms with E-state index < -0.39 is 5.41 Å². The van der Waals surface area contributed by atoms with Crippen LogP contribution in [0.3, 0.4) is 0 Å². The molecule has 0 aliphatic rings. The Balaban J connectivity index is 3.67. The predicted octanol–water partition coefficient (Wildman–Crippen LogP) is 0.685. The van der Waals surface area contributed by atoms with Crippen molar-refractivity contribution in [2.24, 2.45) is 5.41 Å². The van der Waals surface area contributed by atoms with Gasteiger partial charge in [-0.15, -0.1) is 0 Å². The van der Waals surface area contributed by atoms with Crippen LogP contribution in [-0.4, -0.2) is 18.9 Å². The Morgan fingerprint density at radius 2 is 2.10 bits per heavy atom. The summed E-state index contributed by atoms with van der Waals surface area (Å²) in [5.74, 6) is -0.372. The number of carbonyl (C=O) groups excluding carboxylic acids is 2. The summed E-state index contributed by atoms with van der Waals surface area (Å²) in [6.45, 7) is 4.72. The highest BCUT2D eigenvalue weighted by molar-refractivity contribution is 5.67. The van der Waals surface area contributed by atoms with Crippen LogP contribution in [0.4, 0.5) is 0 Å². The standard InChI is InChI=1S/C7H11O3/c1-6(9)10-5-7(2,3)4-8/h5H2,1-3H3. The van der Waals surface area contributed by atoms with Crippen molar-refractivity contribution in [3.8, 4) is 0 Å². The van der Waals surface area contributed by atoms with Crippen molar-refractivity contribution in [1.82, 2.24) is 0 Å². The van der Waals surface area contributed by atoms with Gasteiger partial charge in [-0.1, -0.05) is 0 Å². The van der Waals surface area contributed by atoms with E-state index in [-0.39, 0.29) is 12.6 Å². The average Bonchev–Trinajstić information content (AvgIpc) is 1.85. The lowest BCUT2D eigenvalue weighted by atomic mass is 9.98. The van der Waals surface area contributed by atoms with Gasteiger partial charge in [-0.05, 0) is 13.8 Å². The monoisotopic (exact) mass is 143 g/mol. The third-order valence-corrected chi connectivity index (χ3v) is 0.913. The minimum absolute atomic E-state index is 0.103. The largest absolute Gasteiger partial charge is 0.465 e. The second kappa shape index (κ2) is 3.34. The summed E-state index contributed by atoms with van der Waals surface area (Å²) in [4.78, 5) is 20.4. The Bertz CT molecular complexity index is 138. The molecule has 10 heavy (non-hydrogen) atoms. The molecule has 0 amide bonds. The first kappa shape index (κ1) is 9.14. The molecule has 0 aromatic rings. The topological polar surface area (TPSA) is 43.4 Å². The van der Waals surface area contributed by atoms with Crippen LogP contribution >= 0.6 is 0 Å². The zero-order valence-corrected chi connectivity index (χ0v) is 6.43. The molecule has 0 spiro atoms. The predicted molar refractivity (Wildman–Crippen MR) is 36.1 cm³/mol. The fourth-order valence-corrected chi connectivity index (χ4v) is 0.312. The molecule has 3 heteroatoms. The Morgan fingerprint density at radius 3 is 2.40 bits per heavy atom. The molecular formula is C7H11O3. The fraction of sp³-hybridized carbons (Fsp3) is 0.714. The maximum absolute atomic E-state index is 10.3. The highest BCUT2D eigenvalue weighted by Crippen LogP contribution is 2.10. The van der Waals surface area contributed by atoms with Gasteiger partial charge in [0.1, 0.15) is 6.61 Å². The Labute approximate surface area is 60.4 Å². The van der Waals surface area contributed by atoms with Crippen molar-refractivity contribution >= 4 is 12.3 Å². The van der Waals surface area contributed by atoms with Crippen LogP contribution in [0, 0.1) is 5.41 Å². The first-order valence-electron chi connectivity index (χ1n) is 3.00. The van der Waals surface area contributed by atoms with E-state index in [2.05, 4.69) is 4.74 Å². The lowest BCUT2D eigenvalue weighted by molar-refractivity contribution is -0.142. The molecule has 0 aromatic carbocycles. The van der Waals surface area contributed by atoms with Gasteiger partial charge in [0, 0.05) is 6.92 Å². The molecule has 0 saturated heterocycles. The number of rotatable bonds is 3. The number of hydrogen-bond donors (Lipinski definition) is 0. The molecule has 0 bridgehead atoms. The molecule has 57 valence electrons. The minimum atomic E-state index is -0.675. The van der Waals surface area contributed by atoms with Gasteiger partial charge in [0.15, 0.2) is 0 Å². The number of hydrogen-bond acceptors (Lipinski definition) is 3. The molecular weight excluding hydrogens is 132 g/mol. The van der Waals surface area contributed by atoms with E-state index in [9.17, 15) is 9.59 Å². The summed E-state index contributed by atoms with van der Waals surface area (Å²) < 4.78 is 4.60. The zero-order valence-electron chi connectivity index (χ0n) is 6.43. The van der Waals surface area contributed by atoms with Crippen LogP contribution in [-0.2, 0) is 14.3 Å². The van der Waals surface area contributed by atoms with Gasteiger partial charge in [0.25, 0.3) is 0 Å². The number of ether oxygens (including phenoxy) is 1. The number of carbonyl (C=O) groups is 1. The quantitative estimate of drug-likeness (QED) is 0.546. The van der Waals surface area contributed by atoms with Gasteiger partial charge < -0.3 is 4.74 Å². The van der Waals surface area contributed by atoms with Crippen LogP contribution in [0.1, 0.15) is 20.8 Å². The van der Waals surface area contributed by atoms with Crippen molar-refractivity contribution in [2.75, 3.05) is 6.61 Å². The van der Waals surface area contributed by atoms with Gasteiger partial charge in [0.05, 0.1) is 5.41 Å². The molecule has 3 nitrogen and oxygen atoms in total. The van der Waals surface area contributed by atoms with Crippen LogP contribution in [0.5, 0.6) is 0 Å². The molecule has 0 rings (SSSR count). The summed E-state index contributed by atoms with van der Waals surface area (Å²) in [6.07, 6.45) is 1.77. The fourth-order valence-electron chi connectivity index (χ4n) is 0.312. The molecule has 0 heterocycles. The molecule has 0 unspecified atom stereocenters. The molecule has 0 saturated carbocycles. The van der Waals surface area contributed by atoms with Crippen molar-refractivity contribution in [3.05, 3.63) is 0 Å². The Hall–Kier alpha value is -0.860. The van der Waals surface area contributed by atoms with Crippen molar-refractivity contribution < 1.29 is 14.3 Å². The van der Waals surface area contributed by atoms with E-state index in [1.54, 1.807) is 20.1 Å². The molecule has 0 fully saturated rings. The third kappa shape index (κ3) is 4.06. The van der Waals surface area contributed by atoms with E-state index >= 15 is 0 Å². The molecule has 1 radical (unpaired) electrons. The van der Waals surface area contributed by atoms with Crippen LogP contribution in [0.15, 0.2) is 0 Å². The lowest BCUT2D eigenvalue weighted by Gasteiger charge is -2.13. The normalized spacial score (nSPS) is 10.7. The Kier molecular flexibility index (Phi) is 3.06. The average molecular weight is 143 g/mol. The third-order valence-electron chi connectivity index (χ3n) is 0.913. The SMILES string of the molecule is CC(=O)OCC(C)(C)[C]=O. The second-order valence-corrected chi connectivity index (χ2v) is 2.77. The molecule has 0 N–H and O–H groups in total. The first-order chi connectivity index (χ1) is 4.48. The summed E-state index contributed by atoms with van der Waals surface area (Å²) in [6, 6.07) is 0. The molecule has 0 atom stereocenters. The van der Waals surface area contributed by atoms with Crippen LogP contribution in [0.2, 0.25) is 0 Å². The lowest BCUT2D eigenvalue weighted by Crippen LogP contribution is -2.22. The zero-order chi connectivity index (χ0) is 8.20. The van der Waals surface area contributed by atoms with E-state index in [1.165, 1.54) is 6.92 Å². The number of esters is 1. The van der Waals surface area contributed by atoms with E-state index in [0.717, 1.165) is 0 Å². The van der Waals surface area contributed by atoms with Gasteiger partial charge in [-0.3, -0.25) is 9.59 Å². The Morgan fingerprint density at radius 1 is 1.60 bits per heavy atom. The summed E-state index contributed by atoms with van der Waals surface area (Å²) in [5, 5.41) is 0. The van der Waals surface area contributed by atoms with Gasteiger partial charge in [-0.2, -0.15) is 0 Å². The second-order valence-electron chi connectivity index (χ2n) is 2.77. The van der Waals surface area contributed by atoms with Gasteiger partial charge in [-0.25, -0.2) is 0 Å². The molecule has 0 aliphatic heterocycles. The van der Waals surface area contributed by atoms with Gasteiger partial charge >= 0.3 is 5.97 Å². The maximum Gasteiger partial charge on any atom is 0.302 e. The summed E-state index contributed by atoms with van der Waals surface area (Å²) >= 11 is 0.